The molecule has 1 aromatic heterocycles. The van der Waals surface area contributed by atoms with Gasteiger partial charge in [-0.3, -0.25) is 14.6 Å². The zero-order chi connectivity index (χ0) is 20.4. The molecule has 6 nitrogen and oxygen atoms in total. The number of halogens is 1. The van der Waals surface area contributed by atoms with Crippen molar-refractivity contribution in [2.45, 2.75) is 53.2 Å². The first kappa shape index (κ1) is 25.4. The number of nitrogens with one attached hydrogen (secondary N) is 2. The molecule has 0 radical (unpaired) electrons. The highest BCUT2D eigenvalue weighted by Gasteiger charge is 2.09. The largest absolute Gasteiger partial charge is 0.357 e. The topological polar surface area (TPSA) is 57.5 Å². The maximum Gasteiger partial charge on any atom is 0.191 e. The first-order chi connectivity index (χ1) is 13.5. The Hall–Kier alpha value is -1.61. The Kier molecular flexibility index (Phi) is 11.9. The van der Waals surface area contributed by atoms with Crippen molar-refractivity contribution >= 4 is 29.9 Å². The molecule has 0 aliphatic rings. The predicted octanol–water partition coefficient (Wildman–Crippen LogP) is 3.58. The second-order valence-electron chi connectivity index (χ2n) is 7.40. The molecule has 0 amide bonds. The number of aromatic nitrogens is 2. The number of nitrogens with zero attached hydrogens (tertiary/aromatic N) is 4. The van der Waals surface area contributed by atoms with E-state index in [0.29, 0.717) is 6.04 Å². The molecule has 0 bridgehead atoms. The van der Waals surface area contributed by atoms with Gasteiger partial charge in [0.15, 0.2) is 5.96 Å². The summed E-state index contributed by atoms with van der Waals surface area (Å²) in [7, 11) is 2.15. The molecule has 7 heteroatoms. The summed E-state index contributed by atoms with van der Waals surface area (Å²) in [4.78, 5) is 7.11. The van der Waals surface area contributed by atoms with Crippen LogP contribution in [0.25, 0.3) is 0 Å². The Balaban J connectivity index is 0.00000420. The average Bonchev–Trinajstić information content (AvgIpc) is 3.00. The SMILES string of the molecule is CCNC(=NCC(C)N(C)Cc1ccccc1)NCCCn1nc(C)cc1C.I. The summed E-state index contributed by atoms with van der Waals surface area (Å²) in [6.45, 7) is 12.8. The molecule has 2 N–H and O–H groups in total. The van der Waals surface area contributed by atoms with Crippen LogP contribution in [0.2, 0.25) is 0 Å². The minimum atomic E-state index is 0. The summed E-state index contributed by atoms with van der Waals surface area (Å²) in [6.07, 6.45) is 1.01. The molecule has 1 unspecified atom stereocenters. The molecule has 1 aromatic carbocycles. The minimum Gasteiger partial charge on any atom is -0.357 e. The summed E-state index contributed by atoms with van der Waals surface area (Å²) in [5.41, 5.74) is 3.62. The van der Waals surface area contributed by atoms with Crippen molar-refractivity contribution < 1.29 is 0 Å². The fourth-order valence-corrected chi connectivity index (χ4v) is 3.07. The number of hydrogen-bond donors (Lipinski definition) is 2. The molecule has 1 heterocycles. The standard InChI is InChI=1S/C22H36N6.HI/c1-6-23-22(24-13-10-14-28-19(3)15-18(2)26-28)25-16-20(4)27(5)17-21-11-8-7-9-12-21;/h7-9,11-12,15,20H,6,10,13-14,16-17H2,1-5H3,(H2,23,24,25);1H. The van der Waals surface area contributed by atoms with Crippen LogP contribution in [0.4, 0.5) is 0 Å². The molecule has 2 aromatic rings. The van der Waals surface area contributed by atoms with Crippen LogP contribution in [0.1, 0.15) is 37.2 Å². The molecule has 0 fully saturated rings. The van der Waals surface area contributed by atoms with E-state index in [2.05, 4.69) is 89.5 Å². The van der Waals surface area contributed by atoms with E-state index in [-0.39, 0.29) is 24.0 Å². The van der Waals surface area contributed by atoms with Gasteiger partial charge in [0.05, 0.1) is 12.2 Å². The highest BCUT2D eigenvalue weighted by Crippen LogP contribution is 2.06. The maximum absolute atomic E-state index is 4.77. The number of hydrogen-bond acceptors (Lipinski definition) is 3. The summed E-state index contributed by atoms with van der Waals surface area (Å²) in [5.74, 6) is 0.885. The molecular weight excluding hydrogens is 475 g/mol. The molecule has 0 saturated heterocycles. The lowest BCUT2D eigenvalue weighted by Gasteiger charge is -2.24. The van der Waals surface area contributed by atoms with Gasteiger partial charge < -0.3 is 10.6 Å². The van der Waals surface area contributed by atoms with Gasteiger partial charge in [0.2, 0.25) is 0 Å². The van der Waals surface area contributed by atoms with Gasteiger partial charge in [-0.15, -0.1) is 24.0 Å². The number of guanidine groups is 1. The van der Waals surface area contributed by atoms with Crippen LogP contribution in [0.5, 0.6) is 0 Å². The van der Waals surface area contributed by atoms with Gasteiger partial charge in [0.1, 0.15) is 0 Å². The third-order valence-corrected chi connectivity index (χ3v) is 4.83. The van der Waals surface area contributed by atoms with E-state index in [1.54, 1.807) is 0 Å². The second-order valence-corrected chi connectivity index (χ2v) is 7.40. The average molecular weight is 512 g/mol. The summed E-state index contributed by atoms with van der Waals surface area (Å²) in [5, 5.41) is 11.3. The van der Waals surface area contributed by atoms with Crippen molar-refractivity contribution in [2.24, 2.45) is 4.99 Å². The third kappa shape index (κ3) is 9.16. The zero-order valence-corrected chi connectivity index (χ0v) is 20.8. The van der Waals surface area contributed by atoms with Gasteiger partial charge in [0, 0.05) is 37.9 Å². The monoisotopic (exact) mass is 512 g/mol. The molecule has 0 aliphatic heterocycles. The summed E-state index contributed by atoms with van der Waals surface area (Å²) in [6, 6.07) is 13.1. The molecule has 29 heavy (non-hydrogen) atoms. The van der Waals surface area contributed by atoms with Crippen LogP contribution in [-0.2, 0) is 13.1 Å². The number of aliphatic imine (C=N–C) groups is 1. The number of rotatable bonds is 10. The highest BCUT2D eigenvalue weighted by atomic mass is 127. The van der Waals surface area contributed by atoms with Crippen molar-refractivity contribution in [3.8, 4) is 0 Å². The molecule has 1 atom stereocenters. The van der Waals surface area contributed by atoms with E-state index in [9.17, 15) is 0 Å². The van der Waals surface area contributed by atoms with Crippen molar-refractivity contribution in [1.29, 1.82) is 0 Å². The third-order valence-electron chi connectivity index (χ3n) is 4.83. The van der Waals surface area contributed by atoms with Crippen molar-refractivity contribution in [2.75, 3.05) is 26.7 Å². The minimum absolute atomic E-state index is 0. The lowest BCUT2D eigenvalue weighted by atomic mass is 10.2. The molecule has 0 spiro atoms. The van der Waals surface area contributed by atoms with Crippen LogP contribution in [0.15, 0.2) is 41.4 Å². The molecule has 0 saturated carbocycles. The van der Waals surface area contributed by atoms with Crippen LogP contribution < -0.4 is 10.6 Å². The Morgan fingerprint density at radius 3 is 2.55 bits per heavy atom. The fourth-order valence-electron chi connectivity index (χ4n) is 3.07. The van der Waals surface area contributed by atoms with Crippen LogP contribution in [-0.4, -0.2) is 53.4 Å². The molecule has 0 aliphatic carbocycles. The number of benzene rings is 1. The predicted molar refractivity (Wildman–Crippen MR) is 133 cm³/mol. The van der Waals surface area contributed by atoms with Crippen molar-refractivity contribution in [3.63, 3.8) is 0 Å². The van der Waals surface area contributed by atoms with Gasteiger partial charge in [0.25, 0.3) is 0 Å². The van der Waals surface area contributed by atoms with Gasteiger partial charge in [-0.1, -0.05) is 30.3 Å². The molecule has 162 valence electrons. The van der Waals surface area contributed by atoms with Gasteiger partial charge >= 0.3 is 0 Å². The quantitative estimate of drug-likeness (QED) is 0.221. The molecular formula is C22H37IN6. The maximum atomic E-state index is 4.77. The first-order valence-corrected chi connectivity index (χ1v) is 10.3. The number of aryl methyl sites for hydroxylation is 3. The van der Waals surface area contributed by atoms with Crippen LogP contribution in [0, 0.1) is 13.8 Å². The van der Waals surface area contributed by atoms with E-state index >= 15 is 0 Å². The Labute approximate surface area is 193 Å². The Morgan fingerprint density at radius 2 is 1.93 bits per heavy atom. The van der Waals surface area contributed by atoms with E-state index in [4.69, 9.17) is 4.99 Å². The van der Waals surface area contributed by atoms with Crippen LogP contribution in [0.3, 0.4) is 0 Å². The van der Waals surface area contributed by atoms with Crippen molar-refractivity contribution in [3.05, 3.63) is 53.3 Å². The lowest BCUT2D eigenvalue weighted by Crippen LogP contribution is -2.39. The van der Waals surface area contributed by atoms with Gasteiger partial charge in [-0.05, 0) is 52.8 Å². The van der Waals surface area contributed by atoms with E-state index in [1.165, 1.54) is 11.3 Å². The highest BCUT2D eigenvalue weighted by molar-refractivity contribution is 14.0. The Morgan fingerprint density at radius 1 is 1.21 bits per heavy atom. The van der Waals surface area contributed by atoms with Gasteiger partial charge in [-0.2, -0.15) is 5.10 Å². The van der Waals surface area contributed by atoms with E-state index in [0.717, 1.165) is 50.8 Å². The zero-order valence-electron chi connectivity index (χ0n) is 18.5. The summed E-state index contributed by atoms with van der Waals surface area (Å²) < 4.78 is 2.07. The van der Waals surface area contributed by atoms with Crippen molar-refractivity contribution in [1.82, 2.24) is 25.3 Å². The van der Waals surface area contributed by atoms with E-state index < -0.39 is 0 Å². The normalized spacial score (nSPS) is 12.6. The van der Waals surface area contributed by atoms with Gasteiger partial charge in [-0.25, -0.2) is 0 Å². The number of likely N-dealkylation sites (N-methyl/N-ethyl adjacent to an activating group) is 1. The fraction of sp³-hybridized carbons (Fsp3) is 0.545. The lowest BCUT2D eigenvalue weighted by molar-refractivity contribution is 0.255. The first-order valence-electron chi connectivity index (χ1n) is 10.3. The second kappa shape index (κ2) is 13.6. The smallest absolute Gasteiger partial charge is 0.191 e. The van der Waals surface area contributed by atoms with Crippen LogP contribution >= 0.6 is 24.0 Å². The Bertz CT molecular complexity index is 728. The molecule has 2 rings (SSSR count). The van der Waals surface area contributed by atoms with E-state index in [1.807, 2.05) is 6.92 Å². The summed E-state index contributed by atoms with van der Waals surface area (Å²) >= 11 is 0.